The number of aliphatic hydroxyl groups is 1. The molecule has 2 rings (SSSR count). The molecule has 1 aromatic carbocycles. The van der Waals surface area contributed by atoms with Gasteiger partial charge in [-0.1, -0.05) is 6.92 Å². The van der Waals surface area contributed by atoms with Crippen LogP contribution in [-0.2, 0) is 0 Å². The summed E-state index contributed by atoms with van der Waals surface area (Å²) < 4.78 is 5.93. The van der Waals surface area contributed by atoms with Gasteiger partial charge in [-0.25, -0.2) is 0 Å². The zero-order valence-corrected chi connectivity index (χ0v) is 13.4. The summed E-state index contributed by atoms with van der Waals surface area (Å²) in [5, 5.41) is 9.87. The number of aliphatic hydroxyl groups excluding tert-OH is 1. The molecule has 1 N–H and O–H groups in total. The van der Waals surface area contributed by atoms with Crippen LogP contribution >= 0.6 is 15.9 Å². The number of carbonyl (C=O) groups excluding carboxylic acids is 1. The van der Waals surface area contributed by atoms with Gasteiger partial charge in [0, 0.05) is 12.1 Å². The molecule has 20 heavy (non-hydrogen) atoms. The average Bonchev–Trinajstić information content (AvgIpc) is 2.42. The lowest BCUT2D eigenvalue weighted by molar-refractivity contribution is 0.0295. The van der Waals surface area contributed by atoms with E-state index in [9.17, 15) is 9.90 Å². The minimum absolute atomic E-state index is 0.0649. The van der Waals surface area contributed by atoms with Gasteiger partial charge in [0.2, 0.25) is 0 Å². The standard InChI is InChI=1S/C15H20BrNO3/c1-10-5-6-17(8-13(10)18)9-14(19)11-3-4-15(20-2)12(16)7-11/h3-4,7,10,13,18H,5-6,8-9H2,1-2H3. The Labute approximate surface area is 127 Å². The summed E-state index contributed by atoms with van der Waals surface area (Å²) in [5.74, 6) is 1.09. The fourth-order valence-electron chi connectivity index (χ4n) is 2.39. The molecule has 0 bridgehead atoms. The minimum Gasteiger partial charge on any atom is -0.496 e. The first-order valence-corrected chi connectivity index (χ1v) is 7.57. The van der Waals surface area contributed by atoms with Gasteiger partial charge in [-0.05, 0) is 53.0 Å². The number of rotatable bonds is 4. The number of ketones is 1. The monoisotopic (exact) mass is 341 g/mol. The highest BCUT2D eigenvalue weighted by atomic mass is 79.9. The predicted octanol–water partition coefficient (Wildman–Crippen LogP) is 2.34. The van der Waals surface area contributed by atoms with E-state index in [1.54, 1.807) is 25.3 Å². The summed E-state index contributed by atoms with van der Waals surface area (Å²) >= 11 is 3.39. The van der Waals surface area contributed by atoms with Crippen molar-refractivity contribution in [2.24, 2.45) is 5.92 Å². The molecule has 0 saturated carbocycles. The van der Waals surface area contributed by atoms with Gasteiger partial charge in [-0.15, -0.1) is 0 Å². The van der Waals surface area contributed by atoms with Crippen LogP contribution in [0.3, 0.4) is 0 Å². The molecule has 1 aliphatic rings. The molecule has 5 heteroatoms. The Kier molecular flexibility index (Phi) is 5.18. The number of carbonyl (C=O) groups is 1. The van der Waals surface area contributed by atoms with E-state index in [1.807, 2.05) is 11.8 Å². The molecular formula is C15H20BrNO3. The number of likely N-dealkylation sites (tertiary alicyclic amines) is 1. The third kappa shape index (κ3) is 3.59. The van der Waals surface area contributed by atoms with Crippen molar-refractivity contribution in [3.05, 3.63) is 28.2 Å². The lowest BCUT2D eigenvalue weighted by Gasteiger charge is -2.33. The third-order valence-corrected chi connectivity index (χ3v) is 4.46. The van der Waals surface area contributed by atoms with Gasteiger partial charge in [0.25, 0.3) is 0 Å². The zero-order chi connectivity index (χ0) is 14.7. The maximum absolute atomic E-state index is 12.3. The summed E-state index contributed by atoms with van der Waals surface area (Å²) in [6.45, 7) is 3.83. The fourth-order valence-corrected chi connectivity index (χ4v) is 2.93. The second-order valence-corrected chi connectivity index (χ2v) is 6.20. The van der Waals surface area contributed by atoms with Gasteiger partial charge in [-0.3, -0.25) is 9.69 Å². The van der Waals surface area contributed by atoms with Gasteiger partial charge in [0.15, 0.2) is 5.78 Å². The molecule has 2 atom stereocenters. The Morgan fingerprint density at radius 3 is 2.90 bits per heavy atom. The Morgan fingerprint density at radius 2 is 2.30 bits per heavy atom. The van der Waals surface area contributed by atoms with Crippen molar-refractivity contribution in [3.63, 3.8) is 0 Å². The van der Waals surface area contributed by atoms with Crippen molar-refractivity contribution in [2.75, 3.05) is 26.7 Å². The third-order valence-electron chi connectivity index (χ3n) is 3.84. The molecule has 0 spiro atoms. The van der Waals surface area contributed by atoms with Crippen molar-refractivity contribution < 1.29 is 14.6 Å². The number of benzene rings is 1. The van der Waals surface area contributed by atoms with Crippen LogP contribution in [-0.4, -0.2) is 48.6 Å². The summed E-state index contributed by atoms with van der Waals surface area (Å²) in [6.07, 6.45) is 0.597. The van der Waals surface area contributed by atoms with E-state index in [0.29, 0.717) is 30.3 Å². The molecule has 0 aliphatic carbocycles. The van der Waals surface area contributed by atoms with E-state index in [4.69, 9.17) is 4.74 Å². The predicted molar refractivity (Wildman–Crippen MR) is 81.3 cm³/mol. The number of β-amino-alcohol motifs (C(OH)–C–C–N with tert-alkyl or cyclic N) is 1. The first-order chi connectivity index (χ1) is 9.51. The molecule has 0 aromatic heterocycles. The lowest BCUT2D eigenvalue weighted by Crippen LogP contribution is -2.44. The highest BCUT2D eigenvalue weighted by molar-refractivity contribution is 9.10. The van der Waals surface area contributed by atoms with Crippen molar-refractivity contribution in [1.29, 1.82) is 0 Å². The Hall–Kier alpha value is -0.910. The molecule has 1 heterocycles. The maximum Gasteiger partial charge on any atom is 0.176 e. The molecule has 0 amide bonds. The van der Waals surface area contributed by atoms with Crippen molar-refractivity contribution in [3.8, 4) is 5.75 Å². The van der Waals surface area contributed by atoms with Gasteiger partial charge < -0.3 is 9.84 Å². The first-order valence-electron chi connectivity index (χ1n) is 6.78. The van der Waals surface area contributed by atoms with Crippen LogP contribution in [0.1, 0.15) is 23.7 Å². The average molecular weight is 342 g/mol. The molecule has 0 radical (unpaired) electrons. The fraction of sp³-hybridized carbons (Fsp3) is 0.533. The van der Waals surface area contributed by atoms with Crippen LogP contribution in [0.4, 0.5) is 0 Å². The van der Waals surface area contributed by atoms with Gasteiger partial charge in [-0.2, -0.15) is 0 Å². The molecule has 1 saturated heterocycles. The number of methoxy groups -OCH3 is 1. The molecule has 1 aromatic rings. The summed E-state index contributed by atoms with van der Waals surface area (Å²) in [6, 6.07) is 5.34. The van der Waals surface area contributed by atoms with E-state index < -0.39 is 0 Å². The highest BCUT2D eigenvalue weighted by Gasteiger charge is 2.25. The van der Waals surface area contributed by atoms with Crippen LogP contribution in [0.25, 0.3) is 0 Å². The van der Waals surface area contributed by atoms with Crippen molar-refractivity contribution >= 4 is 21.7 Å². The van der Waals surface area contributed by atoms with Gasteiger partial charge in [0.05, 0.1) is 24.2 Å². The number of Topliss-reactive ketones (excluding diaryl/α,β-unsaturated/α-hetero) is 1. The van der Waals surface area contributed by atoms with E-state index in [0.717, 1.165) is 17.4 Å². The number of halogens is 1. The SMILES string of the molecule is COc1ccc(C(=O)CN2CCC(C)C(O)C2)cc1Br. The van der Waals surface area contributed by atoms with Crippen LogP contribution < -0.4 is 4.74 Å². The largest absolute Gasteiger partial charge is 0.496 e. The van der Waals surface area contributed by atoms with E-state index in [1.165, 1.54) is 0 Å². The number of piperidine rings is 1. The van der Waals surface area contributed by atoms with E-state index in [2.05, 4.69) is 15.9 Å². The van der Waals surface area contributed by atoms with Crippen molar-refractivity contribution in [2.45, 2.75) is 19.4 Å². The Bertz CT molecular complexity index is 492. The molecule has 2 unspecified atom stereocenters. The smallest absolute Gasteiger partial charge is 0.176 e. The molecule has 1 aliphatic heterocycles. The minimum atomic E-state index is -0.334. The van der Waals surface area contributed by atoms with Gasteiger partial charge >= 0.3 is 0 Å². The van der Waals surface area contributed by atoms with Crippen LogP contribution in [0.15, 0.2) is 22.7 Å². The molecule has 4 nitrogen and oxygen atoms in total. The highest BCUT2D eigenvalue weighted by Crippen LogP contribution is 2.26. The first kappa shape index (κ1) is 15.5. The Balaban J connectivity index is 2.00. The van der Waals surface area contributed by atoms with Crippen LogP contribution in [0, 0.1) is 5.92 Å². The van der Waals surface area contributed by atoms with Gasteiger partial charge in [0.1, 0.15) is 5.75 Å². The molecule has 1 fully saturated rings. The number of hydrogen-bond acceptors (Lipinski definition) is 4. The summed E-state index contributed by atoms with van der Waals surface area (Å²) in [5.41, 5.74) is 0.658. The van der Waals surface area contributed by atoms with Crippen LogP contribution in [0.5, 0.6) is 5.75 Å². The summed E-state index contributed by atoms with van der Waals surface area (Å²) in [4.78, 5) is 14.3. The van der Waals surface area contributed by atoms with E-state index in [-0.39, 0.29) is 11.9 Å². The zero-order valence-electron chi connectivity index (χ0n) is 11.8. The molecule has 110 valence electrons. The number of nitrogens with zero attached hydrogens (tertiary/aromatic N) is 1. The second kappa shape index (κ2) is 6.70. The Morgan fingerprint density at radius 1 is 1.55 bits per heavy atom. The summed E-state index contributed by atoms with van der Waals surface area (Å²) in [7, 11) is 1.60. The molecular weight excluding hydrogens is 322 g/mol. The van der Waals surface area contributed by atoms with Crippen LogP contribution in [0.2, 0.25) is 0 Å². The topological polar surface area (TPSA) is 49.8 Å². The lowest BCUT2D eigenvalue weighted by atomic mass is 9.95. The second-order valence-electron chi connectivity index (χ2n) is 5.34. The van der Waals surface area contributed by atoms with E-state index >= 15 is 0 Å². The quantitative estimate of drug-likeness (QED) is 0.854. The number of ether oxygens (including phenoxy) is 1. The normalized spacial score (nSPS) is 23.6. The van der Waals surface area contributed by atoms with Crippen molar-refractivity contribution in [1.82, 2.24) is 4.90 Å². The maximum atomic E-state index is 12.3. The number of hydrogen-bond donors (Lipinski definition) is 1.